The summed E-state index contributed by atoms with van der Waals surface area (Å²) in [5.74, 6) is 0.472. The van der Waals surface area contributed by atoms with E-state index in [0.717, 1.165) is 17.0 Å². The van der Waals surface area contributed by atoms with Gasteiger partial charge in [-0.2, -0.15) is 0 Å². The quantitative estimate of drug-likeness (QED) is 0.879. The molecule has 0 fully saturated rings. The molecular formula is C18H20ClN3. The van der Waals surface area contributed by atoms with E-state index in [1.54, 1.807) is 0 Å². The lowest BCUT2D eigenvalue weighted by atomic mass is 9.92. The second kappa shape index (κ2) is 6.01. The predicted molar refractivity (Wildman–Crippen MR) is 92.2 cm³/mol. The maximum absolute atomic E-state index is 6.32. The van der Waals surface area contributed by atoms with Crippen LogP contribution in [0.4, 0.5) is 0 Å². The fourth-order valence-electron chi connectivity index (χ4n) is 2.86. The Balaban J connectivity index is 1.92. The van der Waals surface area contributed by atoms with E-state index in [9.17, 15) is 0 Å². The molecule has 0 aromatic heterocycles. The van der Waals surface area contributed by atoms with Gasteiger partial charge in [0, 0.05) is 5.02 Å². The highest BCUT2D eigenvalue weighted by molar-refractivity contribution is 6.31. The first-order valence-electron chi connectivity index (χ1n) is 7.46. The molecule has 114 valence electrons. The van der Waals surface area contributed by atoms with Gasteiger partial charge in [0.2, 0.25) is 0 Å². The van der Waals surface area contributed by atoms with Gasteiger partial charge in [-0.25, -0.2) is 4.99 Å². The van der Waals surface area contributed by atoms with Crippen molar-refractivity contribution >= 4 is 17.6 Å². The Labute approximate surface area is 136 Å². The monoisotopic (exact) mass is 313 g/mol. The molecule has 1 heterocycles. The van der Waals surface area contributed by atoms with Gasteiger partial charge in [0.1, 0.15) is 0 Å². The zero-order valence-electron chi connectivity index (χ0n) is 12.8. The van der Waals surface area contributed by atoms with Crippen molar-refractivity contribution in [2.45, 2.75) is 32.4 Å². The summed E-state index contributed by atoms with van der Waals surface area (Å²) in [5, 5.41) is 4.00. The zero-order chi connectivity index (χ0) is 15.7. The van der Waals surface area contributed by atoms with Crippen LogP contribution in [-0.4, -0.2) is 5.96 Å². The number of benzene rings is 2. The molecule has 0 spiro atoms. The Bertz CT molecular complexity index is 724. The maximum Gasteiger partial charge on any atom is 0.189 e. The van der Waals surface area contributed by atoms with E-state index in [1.807, 2.05) is 24.3 Å². The molecule has 0 saturated heterocycles. The van der Waals surface area contributed by atoms with Crippen molar-refractivity contribution in [1.82, 2.24) is 5.32 Å². The molecule has 4 heteroatoms. The molecule has 0 radical (unpaired) electrons. The van der Waals surface area contributed by atoms with Crippen LogP contribution in [0.2, 0.25) is 5.02 Å². The van der Waals surface area contributed by atoms with Crippen LogP contribution >= 0.6 is 11.6 Å². The van der Waals surface area contributed by atoms with E-state index in [1.165, 1.54) is 16.7 Å². The minimum absolute atomic E-state index is 0.0572. The summed E-state index contributed by atoms with van der Waals surface area (Å²) in [5.41, 5.74) is 10.8. The molecule has 0 saturated carbocycles. The normalized spacial score (nSPS) is 21.1. The van der Waals surface area contributed by atoms with Crippen LogP contribution in [0.3, 0.4) is 0 Å². The fourth-order valence-corrected chi connectivity index (χ4v) is 3.13. The van der Waals surface area contributed by atoms with Crippen LogP contribution in [0.25, 0.3) is 0 Å². The number of hydrogen-bond acceptors (Lipinski definition) is 3. The van der Waals surface area contributed by atoms with E-state index in [-0.39, 0.29) is 12.1 Å². The number of aliphatic imine (C=N–C) groups is 1. The van der Waals surface area contributed by atoms with Crippen molar-refractivity contribution in [2.75, 3.05) is 0 Å². The molecule has 3 nitrogen and oxygen atoms in total. The third-order valence-corrected chi connectivity index (χ3v) is 4.62. The van der Waals surface area contributed by atoms with Crippen molar-refractivity contribution in [1.29, 1.82) is 0 Å². The first-order valence-corrected chi connectivity index (χ1v) is 7.84. The average Bonchev–Trinajstić information content (AvgIpc) is 2.50. The second-order valence-electron chi connectivity index (χ2n) is 5.83. The lowest BCUT2D eigenvalue weighted by Crippen LogP contribution is -2.39. The molecule has 1 aliphatic heterocycles. The summed E-state index contributed by atoms with van der Waals surface area (Å²) in [7, 11) is 0. The molecule has 1 aliphatic rings. The molecule has 0 amide bonds. The van der Waals surface area contributed by atoms with Crippen LogP contribution in [0.1, 0.15) is 40.8 Å². The van der Waals surface area contributed by atoms with Crippen molar-refractivity contribution in [2.24, 2.45) is 10.7 Å². The number of aryl methyl sites for hydroxylation is 2. The van der Waals surface area contributed by atoms with Gasteiger partial charge in [-0.1, -0.05) is 48.0 Å². The molecule has 0 aliphatic carbocycles. The SMILES string of the molecule is Cc1ccc(C2CC(c3ccccc3Cl)NC(N)=N2)cc1C. The Morgan fingerprint density at radius 1 is 1.14 bits per heavy atom. The molecule has 0 bridgehead atoms. The molecule has 2 aromatic carbocycles. The second-order valence-corrected chi connectivity index (χ2v) is 6.24. The predicted octanol–water partition coefficient (Wildman–Crippen LogP) is 4.05. The summed E-state index contributed by atoms with van der Waals surface area (Å²) in [6.45, 7) is 4.24. The third-order valence-electron chi connectivity index (χ3n) is 4.27. The highest BCUT2D eigenvalue weighted by Crippen LogP contribution is 2.35. The van der Waals surface area contributed by atoms with Crippen LogP contribution in [0, 0.1) is 13.8 Å². The van der Waals surface area contributed by atoms with Crippen LogP contribution in [0.15, 0.2) is 47.5 Å². The molecule has 3 N–H and O–H groups in total. The Kier molecular flexibility index (Phi) is 4.08. The molecular weight excluding hydrogens is 294 g/mol. The number of nitrogens with two attached hydrogens (primary N) is 1. The zero-order valence-corrected chi connectivity index (χ0v) is 13.6. The minimum atomic E-state index is 0.0572. The number of guanidine groups is 1. The highest BCUT2D eigenvalue weighted by atomic mass is 35.5. The van der Waals surface area contributed by atoms with Gasteiger partial charge in [0.05, 0.1) is 12.1 Å². The van der Waals surface area contributed by atoms with Gasteiger partial charge in [-0.15, -0.1) is 0 Å². The summed E-state index contributed by atoms with van der Waals surface area (Å²) in [4.78, 5) is 4.57. The molecule has 22 heavy (non-hydrogen) atoms. The van der Waals surface area contributed by atoms with Gasteiger partial charge < -0.3 is 11.1 Å². The van der Waals surface area contributed by atoms with Gasteiger partial charge >= 0.3 is 0 Å². The van der Waals surface area contributed by atoms with Crippen LogP contribution in [0.5, 0.6) is 0 Å². The Morgan fingerprint density at radius 2 is 1.91 bits per heavy atom. The fraction of sp³-hybridized carbons (Fsp3) is 0.278. The van der Waals surface area contributed by atoms with E-state index in [0.29, 0.717) is 5.96 Å². The summed E-state index contributed by atoms with van der Waals surface area (Å²) in [6.07, 6.45) is 0.840. The van der Waals surface area contributed by atoms with Crippen molar-refractivity contribution in [3.63, 3.8) is 0 Å². The van der Waals surface area contributed by atoms with Crippen molar-refractivity contribution in [3.8, 4) is 0 Å². The van der Waals surface area contributed by atoms with Crippen molar-refractivity contribution < 1.29 is 0 Å². The van der Waals surface area contributed by atoms with E-state index in [4.69, 9.17) is 17.3 Å². The van der Waals surface area contributed by atoms with E-state index < -0.39 is 0 Å². The van der Waals surface area contributed by atoms with Crippen LogP contribution in [-0.2, 0) is 0 Å². The highest BCUT2D eigenvalue weighted by Gasteiger charge is 2.25. The largest absolute Gasteiger partial charge is 0.370 e. The van der Waals surface area contributed by atoms with E-state index >= 15 is 0 Å². The third kappa shape index (κ3) is 2.95. The molecule has 2 aromatic rings. The standard InChI is InChI=1S/C18H20ClN3/c1-11-7-8-13(9-12(11)2)16-10-17(22-18(20)21-16)14-5-3-4-6-15(14)19/h3-9,16-17H,10H2,1-2H3,(H3,20,21,22). The van der Waals surface area contributed by atoms with Gasteiger partial charge in [0.15, 0.2) is 5.96 Å². The summed E-state index contributed by atoms with van der Waals surface area (Å²) in [6, 6.07) is 14.5. The molecule has 2 unspecified atom stereocenters. The number of nitrogens with zero attached hydrogens (tertiary/aromatic N) is 1. The topological polar surface area (TPSA) is 50.4 Å². The average molecular weight is 314 g/mol. The molecule has 3 rings (SSSR count). The van der Waals surface area contributed by atoms with Gasteiger partial charge in [-0.05, 0) is 48.6 Å². The number of nitrogens with one attached hydrogen (secondary N) is 1. The first-order chi connectivity index (χ1) is 10.5. The lowest BCUT2D eigenvalue weighted by molar-refractivity contribution is 0.487. The number of hydrogen-bond donors (Lipinski definition) is 2. The minimum Gasteiger partial charge on any atom is -0.370 e. The maximum atomic E-state index is 6.32. The van der Waals surface area contributed by atoms with E-state index in [2.05, 4.69) is 42.4 Å². The van der Waals surface area contributed by atoms with Crippen LogP contribution < -0.4 is 11.1 Å². The Hall–Kier alpha value is -2.00. The smallest absolute Gasteiger partial charge is 0.189 e. The van der Waals surface area contributed by atoms with Gasteiger partial charge in [0.25, 0.3) is 0 Å². The number of halogens is 1. The number of rotatable bonds is 2. The Morgan fingerprint density at radius 3 is 2.64 bits per heavy atom. The van der Waals surface area contributed by atoms with Gasteiger partial charge in [-0.3, -0.25) is 0 Å². The molecule has 2 atom stereocenters. The summed E-state index contributed by atoms with van der Waals surface area (Å²) >= 11 is 6.32. The first kappa shape index (κ1) is 14.9. The summed E-state index contributed by atoms with van der Waals surface area (Å²) < 4.78 is 0. The van der Waals surface area contributed by atoms with Crippen molar-refractivity contribution in [3.05, 3.63) is 69.7 Å². The lowest BCUT2D eigenvalue weighted by Gasteiger charge is -2.29.